The highest BCUT2D eigenvalue weighted by atomic mass is 35.5. The second-order valence-electron chi connectivity index (χ2n) is 5.80. The Hall–Kier alpha value is -1.10. The van der Waals surface area contributed by atoms with Crippen LogP contribution in [-0.4, -0.2) is 41.1 Å². The third-order valence-corrected chi connectivity index (χ3v) is 4.29. The average molecular weight is 312 g/mol. The minimum absolute atomic E-state index is 0.295. The smallest absolute Gasteiger partial charge is 0.231 e. The van der Waals surface area contributed by atoms with Crippen molar-refractivity contribution in [3.63, 3.8) is 0 Å². The summed E-state index contributed by atoms with van der Waals surface area (Å²) in [4.78, 5) is 17.7. The first-order chi connectivity index (χ1) is 10.1. The molecule has 118 valence electrons. The molecule has 0 saturated carbocycles. The van der Waals surface area contributed by atoms with Crippen molar-refractivity contribution in [2.24, 2.45) is 5.92 Å². The van der Waals surface area contributed by atoms with Crippen LogP contribution in [0.4, 0.5) is 11.9 Å². The summed E-state index contributed by atoms with van der Waals surface area (Å²) in [6.07, 6.45) is 4.83. The molecule has 1 fully saturated rings. The fourth-order valence-electron chi connectivity index (χ4n) is 2.56. The van der Waals surface area contributed by atoms with Gasteiger partial charge in [0.05, 0.1) is 0 Å². The van der Waals surface area contributed by atoms with Crippen LogP contribution in [0.1, 0.15) is 46.5 Å². The number of hydrogen-bond acceptors (Lipinski definition) is 5. The lowest BCUT2D eigenvalue weighted by Gasteiger charge is -2.28. The van der Waals surface area contributed by atoms with E-state index in [2.05, 4.69) is 45.5 Å². The Balaban J connectivity index is 2.19. The van der Waals surface area contributed by atoms with Gasteiger partial charge >= 0.3 is 0 Å². The molecule has 2 heterocycles. The molecule has 2 rings (SSSR count). The molecule has 1 saturated heterocycles. The van der Waals surface area contributed by atoms with Crippen molar-refractivity contribution in [2.45, 2.75) is 46.5 Å². The number of rotatable bonds is 6. The summed E-state index contributed by atoms with van der Waals surface area (Å²) in [5, 5.41) is 0.295. The Morgan fingerprint density at radius 2 is 1.86 bits per heavy atom. The Morgan fingerprint density at radius 1 is 1.14 bits per heavy atom. The van der Waals surface area contributed by atoms with Crippen molar-refractivity contribution in [1.29, 1.82) is 0 Å². The van der Waals surface area contributed by atoms with Gasteiger partial charge in [-0.05, 0) is 43.7 Å². The second-order valence-corrected chi connectivity index (χ2v) is 6.14. The second kappa shape index (κ2) is 7.78. The zero-order valence-electron chi connectivity index (χ0n) is 13.3. The van der Waals surface area contributed by atoms with Crippen LogP contribution in [0.2, 0.25) is 5.28 Å². The maximum atomic E-state index is 6.13. The van der Waals surface area contributed by atoms with E-state index in [-0.39, 0.29) is 0 Å². The van der Waals surface area contributed by atoms with Crippen molar-refractivity contribution in [2.75, 3.05) is 36.0 Å². The van der Waals surface area contributed by atoms with Gasteiger partial charge in [0.25, 0.3) is 0 Å². The summed E-state index contributed by atoms with van der Waals surface area (Å²) in [5.41, 5.74) is 0. The predicted octanol–water partition coefficient (Wildman–Crippen LogP) is 3.39. The minimum atomic E-state index is 0.295. The van der Waals surface area contributed by atoms with Gasteiger partial charge in [-0.3, -0.25) is 0 Å². The highest BCUT2D eigenvalue weighted by Crippen LogP contribution is 2.21. The lowest BCUT2D eigenvalue weighted by atomic mass is 10.1. The third-order valence-electron chi connectivity index (χ3n) is 4.12. The van der Waals surface area contributed by atoms with E-state index < -0.39 is 0 Å². The molecule has 5 nitrogen and oxygen atoms in total. The van der Waals surface area contributed by atoms with E-state index in [0.29, 0.717) is 17.1 Å². The molecule has 0 aliphatic carbocycles. The summed E-state index contributed by atoms with van der Waals surface area (Å²) < 4.78 is 0. The Morgan fingerprint density at radius 3 is 2.48 bits per heavy atom. The molecular weight excluding hydrogens is 286 g/mol. The van der Waals surface area contributed by atoms with Gasteiger partial charge in [0.15, 0.2) is 0 Å². The van der Waals surface area contributed by atoms with E-state index in [1.165, 1.54) is 19.3 Å². The number of piperidine rings is 1. The largest absolute Gasteiger partial charge is 0.341 e. The first-order valence-electron chi connectivity index (χ1n) is 8.05. The van der Waals surface area contributed by atoms with Crippen LogP contribution in [0, 0.1) is 5.92 Å². The van der Waals surface area contributed by atoms with Crippen LogP contribution >= 0.6 is 11.6 Å². The number of halogens is 1. The van der Waals surface area contributed by atoms with Gasteiger partial charge in [-0.1, -0.05) is 20.3 Å². The fraction of sp³-hybridized carbons (Fsp3) is 0.800. The van der Waals surface area contributed by atoms with Gasteiger partial charge < -0.3 is 9.80 Å². The predicted molar refractivity (Wildman–Crippen MR) is 88.2 cm³/mol. The average Bonchev–Trinajstić information content (AvgIpc) is 2.52. The third kappa shape index (κ3) is 4.43. The fourth-order valence-corrected chi connectivity index (χ4v) is 2.71. The highest BCUT2D eigenvalue weighted by molar-refractivity contribution is 6.28. The molecule has 0 bridgehead atoms. The zero-order valence-corrected chi connectivity index (χ0v) is 14.1. The molecule has 0 spiro atoms. The molecule has 1 atom stereocenters. The molecule has 0 radical (unpaired) electrons. The summed E-state index contributed by atoms with van der Waals surface area (Å²) >= 11 is 6.13. The van der Waals surface area contributed by atoms with E-state index in [1.807, 2.05) is 0 Å². The van der Waals surface area contributed by atoms with E-state index in [4.69, 9.17) is 11.6 Å². The topological polar surface area (TPSA) is 45.2 Å². The molecule has 1 aromatic rings. The Kier molecular flexibility index (Phi) is 6.03. The summed E-state index contributed by atoms with van der Waals surface area (Å²) in [6.45, 7) is 10.4. The molecule has 0 N–H and O–H groups in total. The summed E-state index contributed by atoms with van der Waals surface area (Å²) in [7, 11) is 0. The SMILES string of the molecule is CCC(C)CN(CC)c1nc(Cl)nc(N2CCCCC2)n1. The number of nitrogens with zero attached hydrogens (tertiary/aromatic N) is 5. The molecule has 21 heavy (non-hydrogen) atoms. The van der Waals surface area contributed by atoms with Crippen molar-refractivity contribution in [3.8, 4) is 0 Å². The van der Waals surface area contributed by atoms with E-state index in [0.717, 1.165) is 38.5 Å². The van der Waals surface area contributed by atoms with Crippen LogP contribution in [0.3, 0.4) is 0 Å². The number of anilines is 2. The molecule has 1 aliphatic heterocycles. The van der Waals surface area contributed by atoms with Crippen molar-refractivity contribution in [3.05, 3.63) is 5.28 Å². The van der Waals surface area contributed by atoms with Crippen LogP contribution < -0.4 is 9.80 Å². The van der Waals surface area contributed by atoms with Crippen LogP contribution in [0.5, 0.6) is 0 Å². The van der Waals surface area contributed by atoms with E-state index in [9.17, 15) is 0 Å². The zero-order chi connectivity index (χ0) is 15.2. The quantitative estimate of drug-likeness (QED) is 0.806. The molecule has 6 heteroatoms. The Labute approximate surface area is 132 Å². The van der Waals surface area contributed by atoms with Gasteiger partial charge in [0.2, 0.25) is 17.2 Å². The minimum Gasteiger partial charge on any atom is -0.341 e. The molecule has 1 aromatic heterocycles. The summed E-state index contributed by atoms with van der Waals surface area (Å²) in [6, 6.07) is 0. The first-order valence-corrected chi connectivity index (χ1v) is 8.43. The van der Waals surface area contributed by atoms with Gasteiger partial charge in [-0.15, -0.1) is 0 Å². The lowest BCUT2D eigenvalue weighted by Crippen LogP contribution is -2.33. The van der Waals surface area contributed by atoms with Crippen molar-refractivity contribution < 1.29 is 0 Å². The van der Waals surface area contributed by atoms with Gasteiger partial charge in [0.1, 0.15) is 0 Å². The van der Waals surface area contributed by atoms with Gasteiger partial charge in [-0.25, -0.2) is 0 Å². The maximum Gasteiger partial charge on any atom is 0.231 e. The van der Waals surface area contributed by atoms with Gasteiger partial charge in [-0.2, -0.15) is 15.0 Å². The van der Waals surface area contributed by atoms with E-state index >= 15 is 0 Å². The highest BCUT2D eigenvalue weighted by Gasteiger charge is 2.18. The number of aromatic nitrogens is 3. The standard InChI is InChI=1S/C15H26ClN5/c1-4-12(3)11-20(5-2)14-17-13(16)18-15(19-14)21-9-7-6-8-10-21/h12H,4-11H2,1-3H3. The lowest BCUT2D eigenvalue weighted by molar-refractivity contribution is 0.539. The van der Waals surface area contributed by atoms with Crippen LogP contribution in [0.25, 0.3) is 0 Å². The summed E-state index contributed by atoms with van der Waals surface area (Å²) in [5.74, 6) is 2.05. The maximum absolute atomic E-state index is 6.13. The molecule has 0 aromatic carbocycles. The van der Waals surface area contributed by atoms with Gasteiger partial charge in [0, 0.05) is 26.2 Å². The Bertz CT molecular complexity index is 448. The number of hydrogen-bond donors (Lipinski definition) is 0. The monoisotopic (exact) mass is 311 g/mol. The van der Waals surface area contributed by atoms with Crippen molar-refractivity contribution in [1.82, 2.24) is 15.0 Å². The molecule has 0 amide bonds. The van der Waals surface area contributed by atoms with Crippen LogP contribution in [0.15, 0.2) is 0 Å². The normalized spacial score (nSPS) is 16.9. The van der Waals surface area contributed by atoms with E-state index in [1.54, 1.807) is 0 Å². The first kappa shape index (κ1) is 16.3. The molecule has 1 aliphatic rings. The molecule has 1 unspecified atom stereocenters. The molecular formula is C15H26ClN5. The van der Waals surface area contributed by atoms with Crippen LogP contribution in [-0.2, 0) is 0 Å². The van der Waals surface area contributed by atoms with Crippen molar-refractivity contribution >= 4 is 23.5 Å².